The summed E-state index contributed by atoms with van der Waals surface area (Å²) >= 11 is 0. The Kier molecular flexibility index (Phi) is 4.58. The van der Waals surface area contributed by atoms with Gasteiger partial charge in [-0.15, -0.1) is 0 Å². The molecule has 0 saturated carbocycles. The highest BCUT2D eigenvalue weighted by atomic mass is 16.1. The lowest BCUT2D eigenvalue weighted by molar-refractivity contribution is 0.0999. The van der Waals surface area contributed by atoms with Crippen LogP contribution in [-0.2, 0) is 0 Å². The number of hydrogen-bond acceptors (Lipinski definition) is 3. The molecule has 0 unspecified atom stereocenters. The predicted molar refractivity (Wildman–Crippen MR) is 91.2 cm³/mol. The summed E-state index contributed by atoms with van der Waals surface area (Å²) in [6.45, 7) is 2.25. The first-order valence-corrected chi connectivity index (χ1v) is 7.86. The molecule has 3 rings (SSSR count). The number of nitrogens with zero attached hydrogens (tertiary/aromatic N) is 2. The number of aromatic nitrogens is 1. The average molecular weight is 305 g/mol. The fourth-order valence-corrected chi connectivity index (χ4v) is 2.74. The molecule has 2 N–H and O–H groups in total. The van der Waals surface area contributed by atoms with Crippen molar-refractivity contribution in [2.75, 3.05) is 18.0 Å². The molecular formula is C19H19N3O. The number of anilines is 1. The highest BCUT2D eigenvalue weighted by Crippen LogP contribution is 2.20. The number of carbonyl (C=O) groups is 1. The zero-order chi connectivity index (χ0) is 16.1. The number of pyridine rings is 1. The van der Waals surface area contributed by atoms with Crippen molar-refractivity contribution in [3.05, 3.63) is 59.4 Å². The average Bonchev–Trinajstić information content (AvgIpc) is 2.61. The summed E-state index contributed by atoms with van der Waals surface area (Å²) < 4.78 is 0. The molecule has 0 aliphatic carbocycles. The summed E-state index contributed by atoms with van der Waals surface area (Å²) in [7, 11) is 0. The monoisotopic (exact) mass is 305 g/mol. The summed E-state index contributed by atoms with van der Waals surface area (Å²) in [5, 5.41) is 0. The molecule has 1 aliphatic rings. The van der Waals surface area contributed by atoms with Crippen molar-refractivity contribution in [3.8, 4) is 11.8 Å². The third-order valence-corrected chi connectivity index (χ3v) is 3.99. The molecule has 0 bridgehead atoms. The van der Waals surface area contributed by atoms with Gasteiger partial charge in [0.2, 0.25) is 0 Å². The van der Waals surface area contributed by atoms with E-state index < -0.39 is 5.91 Å². The van der Waals surface area contributed by atoms with Crippen LogP contribution in [0.25, 0.3) is 0 Å². The van der Waals surface area contributed by atoms with Gasteiger partial charge in [-0.25, -0.2) is 4.98 Å². The van der Waals surface area contributed by atoms with E-state index in [4.69, 9.17) is 5.73 Å². The van der Waals surface area contributed by atoms with Crippen LogP contribution in [0, 0.1) is 11.8 Å². The van der Waals surface area contributed by atoms with Gasteiger partial charge in [0.05, 0.1) is 5.56 Å². The van der Waals surface area contributed by atoms with Crippen molar-refractivity contribution >= 4 is 11.6 Å². The Hall–Kier alpha value is -2.80. The minimum absolute atomic E-state index is 0.352. The van der Waals surface area contributed by atoms with Crippen LogP contribution in [0.15, 0.2) is 42.6 Å². The molecule has 4 heteroatoms. The highest BCUT2D eigenvalue weighted by Gasteiger charge is 2.10. The second-order valence-electron chi connectivity index (χ2n) is 5.61. The van der Waals surface area contributed by atoms with E-state index in [1.54, 1.807) is 18.3 Å². The van der Waals surface area contributed by atoms with Crippen LogP contribution in [0.4, 0.5) is 5.69 Å². The Balaban J connectivity index is 1.78. The number of nitrogens with two attached hydrogens (primary N) is 1. The Morgan fingerprint density at radius 3 is 2.48 bits per heavy atom. The lowest BCUT2D eigenvalue weighted by atomic mass is 10.1. The molecule has 1 aliphatic heterocycles. The number of rotatable bonds is 2. The van der Waals surface area contributed by atoms with Gasteiger partial charge in [-0.2, -0.15) is 0 Å². The summed E-state index contributed by atoms with van der Waals surface area (Å²) in [4.78, 5) is 17.9. The third-order valence-electron chi connectivity index (χ3n) is 3.99. The Morgan fingerprint density at radius 2 is 1.78 bits per heavy atom. The van der Waals surface area contributed by atoms with E-state index in [-0.39, 0.29) is 0 Å². The number of carbonyl (C=O) groups excluding carboxylic acids is 1. The third kappa shape index (κ3) is 3.70. The van der Waals surface area contributed by atoms with Gasteiger partial charge in [-0.1, -0.05) is 5.92 Å². The zero-order valence-corrected chi connectivity index (χ0v) is 13.0. The van der Waals surface area contributed by atoms with E-state index in [0.717, 1.165) is 18.7 Å². The molecule has 23 heavy (non-hydrogen) atoms. The second kappa shape index (κ2) is 6.97. The van der Waals surface area contributed by atoms with Gasteiger partial charge >= 0.3 is 0 Å². The quantitative estimate of drug-likeness (QED) is 0.868. The molecule has 0 radical (unpaired) electrons. The standard InChI is InChI=1S/C19H19N3O/c20-19(23)17-5-4-12-21-18(17)11-8-15-6-9-16(10-7-15)22-13-2-1-3-14-22/h4-7,9-10,12H,1-3,13-14H2,(H2,20,23). The van der Waals surface area contributed by atoms with E-state index >= 15 is 0 Å². The first-order chi connectivity index (χ1) is 11.2. The molecule has 1 saturated heterocycles. The molecule has 0 spiro atoms. The van der Waals surface area contributed by atoms with Gasteiger partial charge < -0.3 is 10.6 Å². The SMILES string of the molecule is NC(=O)c1cccnc1C#Cc1ccc(N2CCCCC2)cc1. The molecule has 2 aromatic rings. The summed E-state index contributed by atoms with van der Waals surface area (Å²) in [5.74, 6) is 5.47. The molecule has 1 amide bonds. The maximum absolute atomic E-state index is 11.4. The topological polar surface area (TPSA) is 59.2 Å². The lowest BCUT2D eigenvalue weighted by Gasteiger charge is -2.28. The Bertz CT molecular complexity index is 750. The van der Waals surface area contributed by atoms with Crippen LogP contribution >= 0.6 is 0 Å². The van der Waals surface area contributed by atoms with Gasteiger partial charge in [0.15, 0.2) is 0 Å². The smallest absolute Gasteiger partial charge is 0.251 e. The van der Waals surface area contributed by atoms with E-state index in [0.29, 0.717) is 11.3 Å². The van der Waals surface area contributed by atoms with Crippen molar-refractivity contribution in [1.82, 2.24) is 4.98 Å². The minimum Gasteiger partial charge on any atom is -0.372 e. The molecule has 1 fully saturated rings. The lowest BCUT2D eigenvalue weighted by Crippen LogP contribution is -2.29. The van der Waals surface area contributed by atoms with Crippen molar-refractivity contribution in [3.63, 3.8) is 0 Å². The number of piperidine rings is 1. The zero-order valence-electron chi connectivity index (χ0n) is 13.0. The first-order valence-electron chi connectivity index (χ1n) is 7.86. The van der Waals surface area contributed by atoms with Gasteiger partial charge in [-0.3, -0.25) is 4.79 Å². The van der Waals surface area contributed by atoms with Gasteiger partial charge in [0.25, 0.3) is 5.91 Å². The normalized spacial score (nSPS) is 14.0. The van der Waals surface area contributed by atoms with Crippen LogP contribution in [0.5, 0.6) is 0 Å². The van der Waals surface area contributed by atoms with Crippen molar-refractivity contribution in [2.45, 2.75) is 19.3 Å². The predicted octanol–water partition coefficient (Wildman–Crippen LogP) is 2.57. The maximum atomic E-state index is 11.4. The number of hydrogen-bond donors (Lipinski definition) is 1. The maximum Gasteiger partial charge on any atom is 0.251 e. The van der Waals surface area contributed by atoms with Crippen molar-refractivity contribution in [2.24, 2.45) is 5.73 Å². The van der Waals surface area contributed by atoms with Crippen LogP contribution < -0.4 is 10.6 Å². The fraction of sp³-hybridized carbons (Fsp3) is 0.263. The Morgan fingerprint density at radius 1 is 1.04 bits per heavy atom. The van der Waals surface area contributed by atoms with E-state index in [2.05, 4.69) is 33.9 Å². The van der Waals surface area contributed by atoms with Crippen LogP contribution in [0.2, 0.25) is 0 Å². The van der Waals surface area contributed by atoms with Crippen molar-refractivity contribution < 1.29 is 4.79 Å². The highest BCUT2D eigenvalue weighted by molar-refractivity contribution is 5.94. The number of primary amides is 1. The summed E-state index contributed by atoms with van der Waals surface area (Å²) in [6.07, 6.45) is 5.45. The van der Waals surface area contributed by atoms with Gasteiger partial charge in [-0.05, 0) is 61.6 Å². The van der Waals surface area contributed by atoms with Gasteiger partial charge in [0, 0.05) is 30.5 Å². The molecule has 116 valence electrons. The second-order valence-corrected chi connectivity index (χ2v) is 5.61. The molecule has 2 heterocycles. The largest absolute Gasteiger partial charge is 0.372 e. The van der Waals surface area contributed by atoms with Gasteiger partial charge in [0.1, 0.15) is 5.69 Å². The molecule has 0 atom stereocenters. The number of amides is 1. The first kappa shape index (κ1) is 15.1. The van der Waals surface area contributed by atoms with E-state index in [1.807, 2.05) is 12.1 Å². The van der Waals surface area contributed by atoms with Crippen LogP contribution in [0.3, 0.4) is 0 Å². The van der Waals surface area contributed by atoms with E-state index in [9.17, 15) is 4.79 Å². The fourth-order valence-electron chi connectivity index (χ4n) is 2.74. The van der Waals surface area contributed by atoms with Crippen LogP contribution in [0.1, 0.15) is 40.9 Å². The molecule has 4 nitrogen and oxygen atoms in total. The number of benzene rings is 1. The summed E-state index contributed by atoms with van der Waals surface area (Å²) in [6, 6.07) is 11.5. The molecule has 1 aromatic heterocycles. The molecular weight excluding hydrogens is 286 g/mol. The Labute approximate surface area is 136 Å². The van der Waals surface area contributed by atoms with Crippen molar-refractivity contribution in [1.29, 1.82) is 0 Å². The summed E-state index contributed by atoms with van der Waals surface area (Å²) in [5.41, 5.74) is 8.24. The van der Waals surface area contributed by atoms with Crippen LogP contribution in [-0.4, -0.2) is 24.0 Å². The molecule has 1 aromatic carbocycles. The minimum atomic E-state index is -0.511. The van der Waals surface area contributed by atoms with E-state index in [1.165, 1.54) is 24.9 Å².